The average molecular weight is 546 g/mol. The fraction of sp³-hybridized carbons (Fsp3) is 0.640. The number of rotatable bonds is 9. The van der Waals surface area contributed by atoms with Gasteiger partial charge in [-0.3, -0.25) is 14.5 Å². The van der Waals surface area contributed by atoms with Crippen molar-refractivity contribution in [3.63, 3.8) is 0 Å². The molecule has 2 heterocycles. The molecule has 38 heavy (non-hydrogen) atoms. The summed E-state index contributed by atoms with van der Waals surface area (Å²) in [5.41, 5.74) is 0.636. The first-order valence-corrected chi connectivity index (χ1v) is 12.7. The zero-order valence-corrected chi connectivity index (χ0v) is 22.0. The Bertz CT molecular complexity index is 886. The molecule has 10 nitrogen and oxygen atoms in total. The maximum atomic E-state index is 13.3. The number of amides is 2. The maximum Gasteiger partial charge on any atom is 0.490 e. The lowest BCUT2D eigenvalue weighted by atomic mass is 10.1. The molecule has 0 unspecified atom stereocenters. The normalized spacial score (nSPS) is 16.8. The molecule has 3 rings (SSSR count). The summed E-state index contributed by atoms with van der Waals surface area (Å²) in [6.45, 7) is 11.7. The number of aliphatic carboxylic acids is 1. The van der Waals surface area contributed by atoms with Gasteiger partial charge in [0.05, 0.1) is 6.61 Å². The van der Waals surface area contributed by atoms with E-state index in [1.165, 1.54) is 0 Å². The van der Waals surface area contributed by atoms with E-state index in [1.807, 2.05) is 41.0 Å². The van der Waals surface area contributed by atoms with Crippen molar-refractivity contribution in [3.05, 3.63) is 29.8 Å². The summed E-state index contributed by atoms with van der Waals surface area (Å²) >= 11 is 0. The van der Waals surface area contributed by atoms with Crippen LogP contribution in [0.2, 0.25) is 0 Å². The first-order valence-electron chi connectivity index (χ1n) is 12.7. The van der Waals surface area contributed by atoms with E-state index in [-0.39, 0.29) is 11.8 Å². The van der Waals surface area contributed by atoms with Gasteiger partial charge in [-0.15, -0.1) is 0 Å². The Morgan fingerprint density at radius 3 is 2.11 bits per heavy atom. The van der Waals surface area contributed by atoms with Crippen molar-refractivity contribution in [1.29, 1.82) is 0 Å². The summed E-state index contributed by atoms with van der Waals surface area (Å²) in [4.78, 5) is 43.3. The number of piperazine rings is 2. The number of nitrogens with one attached hydrogen (secondary N) is 1. The summed E-state index contributed by atoms with van der Waals surface area (Å²) in [5, 5.41) is 10.4. The molecule has 2 N–H and O–H groups in total. The van der Waals surface area contributed by atoms with Crippen molar-refractivity contribution >= 4 is 17.8 Å². The molecule has 0 spiro atoms. The third-order valence-corrected chi connectivity index (χ3v) is 6.29. The summed E-state index contributed by atoms with van der Waals surface area (Å²) in [7, 11) is 2.14. The van der Waals surface area contributed by atoms with E-state index in [1.54, 1.807) is 0 Å². The van der Waals surface area contributed by atoms with E-state index in [2.05, 4.69) is 22.2 Å². The van der Waals surface area contributed by atoms with Gasteiger partial charge < -0.3 is 29.9 Å². The lowest BCUT2D eigenvalue weighted by molar-refractivity contribution is -0.192. The highest BCUT2D eigenvalue weighted by Crippen LogP contribution is 2.15. The first-order chi connectivity index (χ1) is 18.0. The Morgan fingerprint density at radius 2 is 1.58 bits per heavy atom. The van der Waals surface area contributed by atoms with Gasteiger partial charge in [0.2, 0.25) is 5.91 Å². The molecule has 2 aliphatic heterocycles. The van der Waals surface area contributed by atoms with Gasteiger partial charge in [-0.2, -0.15) is 13.2 Å². The van der Waals surface area contributed by atoms with Crippen LogP contribution in [0, 0.1) is 0 Å². The van der Waals surface area contributed by atoms with Gasteiger partial charge in [-0.25, -0.2) is 4.79 Å². The van der Waals surface area contributed by atoms with Crippen LogP contribution >= 0.6 is 0 Å². The Morgan fingerprint density at radius 1 is 1.00 bits per heavy atom. The number of benzene rings is 1. The molecule has 2 fully saturated rings. The van der Waals surface area contributed by atoms with Crippen molar-refractivity contribution < 1.29 is 37.4 Å². The van der Waals surface area contributed by atoms with Crippen LogP contribution in [0.4, 0.5) is 13.2 Å². The van der Waals surface area contributed by atoms with E-state index in [4.69, 9.17) is 14.6 Å². The molecule has 2 saturated heterocycles. The number of carbonyl (C=O) groups is 3. The van der Waals surface area contributed by atoms with Crippen LogP contribution in [0.25, 0.3) is 0 Å². The molecule has 0 aliphatic carbocycles. The fourth-order valence-corrected chi connectivity index (χ4v) is 3.99. The minimum atomic E-state index is -5.08. The van der Waals surface area contributed by atoms with Crippen molar-refractivity contribution in [3.8, 4) is 5.75 Å². The van der Waals surface area contributed by atoms with Crippen molar-refractivity contribution in [2.75, 3.05) is 85.6 Å². The third-order valence-electron chi connectivity index (χ3n) is 6.29. The number of halogens is 3. The lowest BCUT2D eigenvalue weighted by Gasteiger charge is -2.34. The highest BCUT2D eigenvalue weighted by molar-refractivity contribution is 5.94. The Kier molecular flexibility index (Phi) is 12.8. The van der Waals surface area contributed by atoms with Crippen LogP contribution in [0.1, 0.15) is 23.7 Å². The van der Waals surface area contributed by atoms with E-state index in [0.29, 0.717) is 31.7 Å². The minimum Gasteiger partial charge on any atom is -0.494 e. The SMILES string of the molecule is CCOc1ccc(C(=O)N(CCC(=O)N2CCNCC2)CCN2CCN(C)CC2)cc1.O=C(O)C(F)(F)F. The van der Waals surface area contributed by atoms with Gasteiger partial charge >= 0.3 is 12.1 Å². The van der Waals surface area contributed by atoms with Gasteiger partial charge in [0, 0.05) is 84.0 Å². The standard InChI is InChI=1S/C23H37N5O3.C2HF3O2/c1-3-31-21-6-4-20(5-7-21)23(30)28(19-18-26-16-14-25(2)15-17-26)11-8-22(29)27-12-9-24-10-13-27;3-2(4,5)1(6)7/h4-7,24H,3,8-19H2,1-2H3;(H,6,7). The number of hydrogen-bond acceptors (Lipinski definition) is 7. The van der Waals surface area contributed by atoms with Crippen LogP contribution in [0.3, 0.4) is 0 Å². The zero-order chi connectivity index (χ0) is 28.1. The number of ether oxygens (including phenoxy) is 1. The smallest absolute Gasteiger partial charge is 0.490 e. The summed E-state index contributed by atoms with van der Waals surface area (Å²) in [5.74, 6) is -1.89. The van der Waals surface area contributed by atoms with E-state index in [0.717, 1.165) is 64.7 Å². The monoisotopic (exact) mass is 545 g/mol. The molecule has 0 aromatic heterocycles. The van der Waals surface area contributed by atoms with Gasteiger partial charge in [-0.1, -0.05) is 0 Å². The second-order valence-corrected chi connectivity index (χ2v) is 9.08. The van der Waals surface area contributed by atoms with Crippen LogP contribution in [0.5, 0.6) is 5.75 Å². The number of carboxylic acids is 1. The van der Waals surface area contributed by atoms with E-state index >= 15 is 0 Å². The fourth-order valence-electron chi connectivity index (χ4n) is 3.99. The Hall–Kier alpha value is -2.90. The van der Waals surface area contributed by atoms with Crippen LogP contribution < -0.4 is 10.1 Å². The van der Waals surface area contributed by atoms with Crippen molar-refractivity contribution in [2.24, 2.45) is 0 Å². The Labute approximate surface area is 221 Å². The Balaban J connectivity index is 0.000000638. The summed E-state index contributed by atoms with van der Waals surface area (Å²) < 4.78 is 37.2. The molecule has 2 amide bonds. The number of nitrogens with zero attached hydrogens (tertiary/aromatic N) is 4. The molecule has 0 radical (unpaired) electrons. The number of likely N-dealkylation sites (N-methyl/N-ethyl adjacent to an activating group) is 1. The molecule has 0 saturated carbocycles. The predicted octanol–water partition coefficient (Wildman–Crippen LogP) is 1.23. The quantitative estimate of drug-likeness (QED) is 0.478. The van der Waals surface area contributed by atoms with Crippen LogP contribution in [-0.2, 0) is 9.59 Å². The molecule has 13 heteroatoms. The number of alkyl halides is 3. The molecule has 1 aromatic rings. The summed E-state index contributed by atoms with van der Waals surface area (Å²) in [6, 6.07) is 7.30. The van der Waals surface area contributed by atoms with Crippen LogP contribution in [0.15, 0.2) is 24.3 Å². The first kappa shape index (κ1) is 31.3. The number of carbonyl (C=O) groups excluding carboxylic acids is 2. The molecular formula is C25H38F3N5O5. The highest BCUT2D eigenvalue weighted by atomic mass is 19.4. The van der Waals surface area contributed by atoms with Crippen LogP contribution in [-0.4, -0.2) is 134 Å². The van der Waals surface area contributed by atoms with E-state index < -0.39 is 12.1 Å². The van der Waals surface area contributed by atoms with E-state index in [9.17, 15) is 22.8 Å². The second-order valence-electron chi connectivity index (χ2n) is 9.08. The average Bonchev–Trinajstić information content (AvgIpc) is 2.90. The largest absolute Gasteiger partial charge is 0.494 e. The second kappa shape index (κ2) is 15.5. The topological polar surface area (TPSA) is 106 Å². The zero-order valence-electron chi connectivity index (χ0n) is 22.0. The molecule has 0 bridgehead atoms. The number of hydrogen-bond donors (Lipinski definition) is 2. The van der Waals surface area contributed by atoms with Crippen molar-refractivity contribution in [2.45, 2.75) is 19.5 Å². The van der Waals surface area contributed by atoms with Gasteiger partial charge in [-0.05, 0) is 38.2 Å². The maximum absolute atomic E-state index is 13.3. The molecular weight excluding hydrogens is 507 g/mol. The lowest BCUT2D eigenvalue weighted by Crippen LogP contribution is -2.49. The van der Waals surface area contributed by atoms with Gasteiger partial charge in [0.25, 0.3) is 5.91 Å². The summed E-state index contributed by atoms with van der Waals surface area (Å²) in [6.07, 6.45) is -4.72. The molecule has 214 valence electrons. The minimum absolute atomic E-state index is 0.0229. The predicted molar refractivity (Wildman–Crippen MR) is 135 cm³/mol. The van der Waals surface area contributed by atoms with Gasteiger partial charge in [0.1, 0.15) is 5.75 Å². The highest BCUT2D eigenvalue weighted by Gasteiger charge is 2.38. The number of carboxylic acid groups (broad SMARTS) is 1. The third kappa shape index (κ3) is 10.8. The van der Waals surface area contributed by atoms with Gasteiger partial charge in [0.15, 0.2) is 0 Å². The molecule has 1 aromatic carbocycles. The van der Waals surface area contributed by atoms with Crippen molar-refractivity contribution in [1.82, 2.24) is 24.9 Å². The molecule has 2 aliphatic rings. The molecule has 0 atom stereocenters.